The van der Waals surface area contributed by atoms with Crippen molar-refractivity contribution in [2.24, 2.45) is 0 Å². The van der Waals surface area contributed by atoms with Crippen molar-refractivity contribution in [3.8, 4) is 0 Å². The van der Waals surface area contributed by atoms with E-state index in [1.165, 1.54) is 11.6 Å². The average Bonchev–Trinajstić information content (AvgIpc) is 3.12. The summed E-state index contributed by atoms with van der Waals surface area (Å²) in [4.78, 5) is 25.7. The molecule has 0 fully saturated rings. The standard InChI is InChI=1S/C19H20N2O3/c1-2-19(23)21-9-7-15-4-5-17(11-16(15)12-21)20-18(22)6-3-14-8-10-24-13-14/h3-6,8,10-11,13H,2,7,9,12H2,1H3,(H,20,22)/b6-3+. The second kappa shape index (κ2) is 7.17. The van der Waals surface area contributed by atoms with Crippen LogP contribution in [-0.4, -0.2) is 23.3 Å². The van der Waals surface area contributed by atoms with Gasteiger partial charge in [0.15, 0.2) is 0 Å². The Kier molecular flexibility index (Phi) is 4.79. The zero-order chi connectivity index (χ0) is 16.9. The minimum absolute atomic E-state index is 0.165. The number of rotatable bonds is 4. The van der Waals surface area contributed by atoms with Gasteiger partial charge in [-0.3, -0.25) is 9.59 Å². The molecule has 1 aromatic heterocycles. The first kappa shape index (κ1) is 16.1. The summed E-state index contributed by atoms with van der Waals surface area (Å²) in [5.74, 6) is -0.0356. The van der Waals surface area contributed by atoms with E-state index < -0.39 is 0 Å². The number of carbonyl (C=O) groups excluding carboxylic acids is 2. The summed E-state index contributed by atoms with van der Waals surface area (Å²) >= 11 is 0. The fourth-order valence-corrected chi connectivity index (χ4v) is 2.80. The molecule has 0 saturated heterocycles. The van der Waals surface area contributed by atoms with Crippen molar-refractivity contribution in [3.05, 3.63) is 59.6 Å². The second-order valence-corrected chi connectivity index (χ2v) is 5.78. The number of carbonyl (C=O) groups is 2. The first-order valence-corrected chi connectivity index (χ1v) is 8.06. The van der Waals surface area contributed by atoms with Gasteiger partial charge in [-0.15, -0.1) is 0 Å². The van der Waals surface area contributed by atoms with Crippen LogP contribution in [0.4, 0.5) is 5.69 Å². The minimum atomic E-state index is -0.201. The van der Waals surface area contributed by atoms with E-state index in [2.05, 4.69) is 5.32 Å². The van der Waals surface area contributed by atoms with Crippen LogP contribution in [-0.2, 0) is 22.6 Å². The van der Waals surface area contributed by atoms with Gasteiger partial charge in [0.2, 0.25) is 11.8 Å². The topological polar surface area (TPSA) is 62.6 Å². The highest BCUT2D eigenvalue weighted by atomic mass is 16.3. The van der Waals surface area contributed by atoms with Crippen LogP contribution in [0.25, 0.3) is 6.08 Å². The maximum Gasteiger partial charge on any atom is 0.248 e. The third-order valence-electron chi connectivity index (χ3n) is 4.11. The lowest BCUT2D eigenvalue weighted by atomic mass is 9.99. The number of nitrogens with zero attached hydrogens (tertiary/aromatic N) is 1. The molecule has 5 heteroatoms. The number of amides is 2. The van der Waals surface area contributed by atoms with Crippen molar-refractivity contribution in [1.29, 1.82) is 0 Å². The quantitative estimate of drug-likeness (QED) is 0.878. The maximum absolute atomic E-state index is 12.0. The van der Waals surface area contributed by atoms with Crippen molar-refractivity contribution in [3.63, 3.8) is 0 Å². The number of fused-ring (bicyclic) bond motifs is 1. The number of furan rings is 1. The zero-order valence-electron chi connectivity index (χ0n) is 13.6. The number of hydrogen-bond donors (Lipinski definition) is 1. The van der Waals surface area contributed by atoms with Crippen LogP contribution in [0, 0.1) is 0 Å². The number of anilines is 1. The van der Waals surface area contributed by atoms with Gasteiger partial charge in [-0.2, -0.15) is 0 Å². The third kappa shape index (κ3) is 3.74. The second-order valence-electron chi connectivity index (χ2n) is 5.78. The van der Waals surface area contributed by atoms with Crippen molar-refractivity contribution in [2.75, 3.05) is 11.9 Å². The SMILES string of the molecule is CCC(=O)N1CCc2ccc(NC(=O)/C=C/c3ccoc3)cc2C1. The van der Waals surface area contributed by atoms with E-state index in [9.17, 15) is 9.59 Å². The van der Waals surface area contributed by atoms with Gasteiger partial charge in [-0.25, -0.2) is 0 Å². The van der Waals surface area contributed by atoms with Gasteiger partial charge in [0.1, 0.15) is 0 Å². The molecule has 3 rings (SSSR count). The molecule has 2 amide bonds. The Morgan fingerprint density at radius 3 is 2.92 bits per heavy atom. The van der Waals surface area contributed by atoms with Crippen LogP contribution in [0.5, 0.6) is 0 Å². The smallest absolute Gasteiger partial charge is 0.248 e. The fourth-order valence-electron chi connectivity index (χ4n) is 2.80. The van der Waals surface area contributed by atoms with Crippen LogP contribution in [0.2, 0.25) is 0 Å². The summed E-state index contributed by atoms with van der Waals surface area (Å²) in [5, 5.41) is 2.85. The van der Waals surface area contributed by atoms with Crippen LogP contribution in [0.3, 0.4) is 0 Å². The number of hydrogen-bond acceptors (Lipinski definition) is 3. The molecule has 0 saturated carbocycles. The molecule has 0 aliphatic carbocycles. The predicted octanol–water partition coefficient (Wildman–Crippen LogP) is 3.23. The highest BCUT2D eigenvalue weighted by Gasteiger charge is 2.19. The van der Waals surface area contributed by atoms with E-state index in [0.717, 1.165) is 29.8 Å². The number of benzene rings is 1. The van der Waals surface area contributed by atoms with Crippen molar-refractivity contribution in [2.45, 2.75) is 26.3 Å². The summed E-state index contributed by atoms with van der Waals surface area (Å²) in [6.45, 7) is 3.25. The highest BCUT2D eigenvalue weighted by molar-refractivity contribution is 6.01. The summed E-state index contributed by atoms with van der Waals surface area (Å²) in [6, 6.07) is 7.66. The lowest BCUT2D eigenvalue weighted by Gasteiger charge is -2.29. The summed E-state index contributed by atoms with van der Waals surface area (Å²) in [5.41, 5.74) is 3.91. The van der Waals surface area contributed by atoms with E-state index in [4.69, 9.17) is 4.42 Å². The van der Waals surface area contributed by atoms with Crippen molar-refractivity contribution in [1.82, 2.24) is 4.90 Å². The molecule has 124 valence electrons. The Balaban J connectivity index is 1.67. The van der Waals surface area contributed by atoms with E-state index in [0.29, 0.717) is 13.0 Å². The molecule has 1 aromatic carbocycles. The normalized spacial score (nSPS) is 13.8. The molecule has 2 heterocycles. The Bertz CT molecular complexity index is 763. The van der Waals surface area contributed by atoms with Gasteiger partial charge in [0.05, 0.1) is 12.5 Å². The molecule has 0 spiro atoms. The van der Waals surface area contributed by atoms with E-state index in [1.54, 1.807) is 24.7 Å². The van der Waals surface area contributed by atoms with Crippen LogP contribution in [0.15, 0.2) is 47.3 Å². The van der Waals surface area contributed by atoms with E-state index in [-0.39, 0.29) is 11.8 Å². The van der Waals surface area contributed by atoms with Gasteiger partial charge >= 0.3 is 0 Å². The van der Waals surface area contributed by atoms with Gasteiger partial charge in [0.25, 0.3) is 0 Å². The van der Waals surface area contributed by atoms with Crippen LogP contribution >= 0.6 is 0 Å². The first-order valence-electron chi connectivity index (χ1n) is 8.06. The molecule has 1 N–H and O–H groups in total. The van der Waals surface area contributed by atoms with Crippen LogP contribution in [0.1, 0.15) is 30.0 Å². The fraction of sp³-hybridized carbons (Fsp3) is 0.263. The molecular weight excluding hydrogens is 304 g/mol. The Labute approximate surface area is 141 Å². The largest absolute Gasteiger partial charge is 0.472 e. The molecule has 0 bridgehead atoms. The summed E-state index contributed by atoms with van der Waals surface area (Å²) in [7, 11) is 0. The lowest BCUT2D eigenvalue weighted by Crippen LogP contribution is -2.35. The van der Waals surface area contributed by atoms with Crippen LogP contribution < -0.4 is 5.32 Å². The molecule has 0 atom stereocenters. The molecule has 0 radical (unpaired) electrons. The first-order chi connectivity index (χ1) is 11.7. The lowest BCUT2D eigenvalue weighted by molar-refractivity contribution is -0.131. The van der Waals surface area contributed by atoms with Gasteiger partial charge in [0, 0.05) is 36.8 Å². The summed E-state index contributed by atoms with van der Waals surface area (Å²) < 4.78 is 4.95. The highest BCUT2D eigenvalue weighted by Crippen LogP contribution is 2.23. The predicted molar refractivity (Wildman–Crippen MR) is 92.2 cm³/mol. The van der Waals surface area contributed by atoms with Gasteiger partial charge in [-0.1, -0.05) is 13.0 Å². The Hall–Kier alpha value is -2.82. The Morgan fingerprint density at radius 2 is 2.17 bits per heavy atom. The zero-order valence-corrected chi connectivity index (χ0v) is 13.6. The van der Waals surface area contributed by atoms with Crippen molar-refractivity contribution >= 4 is 23.6 Å². The molecule has 5 nitrogen and oxygen atoms in total. The van der Waals surface area contributed by atoms with Gasteiger partial charge < -0.3 is 14.6 Å². The third-order valence-corrected chi connectivity index (χ3v) is 4.11. The monoisotopic (exact) mass is 324 g/mol. The maximum atomic E-state index is 12.0. The molecular formula is C19H20N2O3. The van der Waals surface area contributed by atoms with E-state index in [1.807, 2.05) is 30.0 Å². The molecule has 1 aliphatic rings. The average molecular weight is 324 g/mol. The Morgan fingerprint density at radius 1 is 1.29 bits per heavy atom. The van der Waals surface area contributed by atoms with Crippen molar-refractivity contribution < 1.29 is 14.0 Å². The number of nitrogens with one attached hydrogen (secondary N) is 1. The molecule has 24 heavy (non-hydrogen) atoms. The summed E-state index contributed by atoms with van der Waals surface area (Å²) in [6.07, 6.45) is 7.67. The van der Waals surface area contributed by atoms with Gasteiger partial charge in [-0.05, 0) is 41.8 Å². The molecule has 2 aromatic rings. The molecule has 1 aliphatic heterocycles. The minimum Gasteiger partial charge on any atom is -0.472 e. The van der Waals surface area contributed by atoms with E-state index >= 15 is 0 Å². The molecule has 0 unspecified atom stereocenters.